The van der Waals surface area contributed by atoms with Crippen molar-refractivity contribution in [3.05, 3.63) is 84.2 Å². The SMILES string of the molecule is CCN(c1ccc(C(=O)N(C)c2ccccc2)nc1)c1cccc(C)c1. The van der Waals surface area contributed by atoms with Crippen LogP contribution in [-0.2, 0) is 0 Å². The van der Waals surface area contributed by atoms with Crippen molar-refractivity contribution >= 4 is 23.0 Å². The first-order valence-electron chi connectivity index (χ1n) is 8.73. The van der Waals surface area contributed by atoms with Crippen LogP contribution in [0.3, 0.4) is 0 Å². The molecule has 2 aromatic carbocycles. The van der Waals surface area contributed by atoms with E-state index in [2.05, 4.69) is 41.9 Å². The zero-order valence-corrected chi connectivity index (χ0v) is 15.4. The smallest absolute Gasteiger partial charge is 0.276 e. The second-order valence-electron chi connectivity index (χ2n) is 6.18. The van der Waals surface area contributed by atoms with Crippen LogP contribution in [0.1, 0.15) is 23.0 Å². The van der Waals surface area contributed by atoms with Crippen LogP contribution in [0.2, 0.25) is 0 Å². The Balaban J connectivity index is 1.82. The van der Waals surface area contributed by atoms with Crippen molar-refractivity contribution in [1.82, 2.24) is 4.98 Å². The Morgan fingerprint density at radius 1 is 0.923 bits per heavy atom. The van der Waals surface area contributed by atoms with Crippen LogP contribution < -0.4 is 9.80 Å². The number of nitrogens with zero attached hydrogens (tertiary/aromatic N) is 3. The van der Waals surface area contributed by atoms with Gasteiger partial charge in [0.05, 0.1) is 11.9 Å². The molecule has 1 aromatic heterocycles. The Morgan fingerprint density at radius 3 is 2.27 bits per heavy atom. The van der Waals surface area contributed by atoms with Gasteiger partial charge >= 0.3 is 0 Å². The van der Waals surface area contributed by atoms with Crippen LogP contribution in [0.25, 0.3) is 0 Å². The molecule has 1 amide bonds. The van der Waals surface area contributed by atoms with Gasteiger partial charge in [-0.1, -0.05) is 30.3 Å². The molecular formula is C22H23N3O. The predicted molar refractivity (Wildman–Crippen MR) is 107 cm³/mol. The van der Waals surface area contributed by atoms with Crippen molar-refractivity contribution in [2.75, 3.05) is 23.4 Å². The molecule has 3 rings (SSSR count). The fourth-order valence-electron chi connectivity index (χ4n) is 2.92. The van der Waals surface area contributed by atoms with E-state index in [1.165, 1.54) is 5.56 Å². The molecule has 0 aliphatic heterocycles. The summed E-state index contributed by atoms with van der Waals surface area (Å²) in [6.07, 6.45) is 1.76. The first-order chi connectivity index (χ1) is 12.6. The minimum atomic E-state index is -0.124. The Morgan fingerprint density at radius 2 is 1.65 bits per heavy atom. The second kappa shape index (κ2) is 7.83. The van der Waals surface area contributed by atoms with Crippen LogP contribution in [0.5, 0.6) is 0 Å². The number of hydrogen-bond donors (Lipinski definition) is 0. The molecular weight excluding hydrogens is 322 g/mol. The molecule has 4 nitrogen and oxygen atoms in total. The number of hydrogen-bond acceptors (Lipinski definition) is 3. The third-order valence-electron chi connectivity index (χ3n) is 4.36. The molecule has 0 fully saturated rings. The first kappa shape index (κ1) is 17.7. The number of amides is 1. The molecule has 0 bridgehead atoms. The standard InChI is InChI=1S/C22H23N3O/c1-4-25(19-12-8-9-17(2)15-19)20-13-14-21(23-16-20)22(26)24(3)18-10-6-5-7-11-18/h5-16H,4H2,1-3H3. The lowest BCUT2D eigenvalue weighted by Crippen LogP contribution is -2.27. The summed E-state index contributed by atoms with van der Waals surface area (Å²) in [7, 11) is 1.76. The minimum Gasteiger partial charge on any atom is -0.341 e. The Labute approximate surface area is 154 Å². The van der Waals surface area contributed by atoms with Crippen LogP contribution in [-0.4, -0.2) is 24.5 Å². The summed E-state index contributed by atoms with van der Waals surface area (Å²) in [6, 6.07) is 21.7. The summed E-state index contributed by atoms with van der Waals surface area (Å²) in [4.78, 5) is 20.9. The molecule has 0 spiro atoms. The number of aryl methyl sites for hydroxylation is 1. The molecule has 132 valence electrons. The topological polar surface area (TPSA) is 36.4 Å². The van der Waals surface area contributed by atoms with Gasteiger partial charge < -0.3 is 9.80 Å². The summed E-state index contributed by atoms with van der Waals surface area (Å²) in [5.41, 5.74) is 4.58. The van der Waals surface area contributed by atoms with E-state index in [0.717, 1.165) is 23.6 Å². The molecule has 0 aliphatic rings. The number of anilines is 3. The summed E-state index contributed by atoms with van der Waals surface area (Å²) in [6.45, 7) is 5.00. The van der Waals surface area contributed by atoms with E-state index in [9.17, 15) is 4.79 Å². The summed E-state index contributed by atoms with van der Waals surface area (Å²) < 4.78 is 0. The van der Waals surface area contributed by atoms with Crippen molar-refractivity contribution in [3.63, 3.8) is 0 Å². The number of carbonyl (C=O) groups is 1. The summed E-state index contributed by atoms with van der Waals surface area (Å²) >= 11 is 0. The normalized spacial score (nSPS) is 10.4. The maximum atomic E-state index is 12.7. The number of pyridine rings is 1. The molecule has 0 N–H and O–H groups in total. The van der Waals surface area contributed by atoms with Crippen molar-refractivity contribution in [1.29, 1.82) is 0 Å². The molecule has 4 heteroatoms. The monoisotopic (exact) mass is 345 g/mol. The van der Waals surface area contributed by atoms with Gasteiger partial charge in [-0.3, -0.25) is 4.79 Å². The largest absolute Gasteiger partial charge is 0.341 e. The van der Waals surface area contributed by atoms with Crippen LogP contribution in [0.15, 0.2) is 72.9 Å². The molecule has 0 saturated carbocycles. The average molecular weight is 345 g/mol. The van der Waals surface area contributed by atoms with E-state index in [4.69, 9.17) is 0 Å². The average Bonchev–Trinajstić information content (AvgIpc) is 2.69. The van der Waals surface area contributed by atoms with Gasteiger partial charge in [0.1, 0.15) is 5.69 Å². The van der Waals surface area contributed by atoms with Gasteiger partial charge in [-0.2, -0.15) is 0 Å². The Hall–Kier alpha value is -3.14. The van der Waals surface area contributed by atoms with Crippen molar-refractivity contribution in [3.8, 4) is 0 Å². The third-order valence-corrected chi connectivity index (χ3v) is 4.36. The number of aromatic nitrogens is 1. The van der Waals surface area contributed by atoms with Gasteiger partial charge in [0.15, 0.2) is 0 Å². The fourth-order valence-corrected chi connectivity index (χ4v) is 2.92. The molecule has 0 saturated heterocycles. The lowest BCUT2D eigenvalue weighted by atomic mass is 10.2. The molecule has 0 aliphatic carbocycles. The lowest BCUT2D eigenvalue weighted by Gasteiger charge is -2.24. The van der Waals surface area contributed by atoms with Gasteiger partial charge in [0.25, 0.3) is 5.91 Å². The zero-order valence-electron chi connectivity index (χ0n) is 15.4. The van der Waals surface area contributed by atoms with E-state index in [0.29, 0.717) is 5.69 Å². The maximum absolute atomic E-state index is 12.7. The molecule has 3 aromatic rings. The Kier molecular flexibility index (Phi) is 5.32. The number of carbonyl (C=O) groups excluding carboxylic acids is 1. The quantitative estimate of drug-likeness (QED) is 0.665. The summed E-state index contributed by atoms with van der Waals surface area (Å²) in [5.74, 6) is -0.124. The van der Waals surface area contributed by atoms with E-state index in [1.807, 2.05) is 42.5 Å². The summed E-state index contributed by atoms with van der Waals surface area (Å²) in [5, 5.41) is 0. The second-order valence-corrected chi connectivity index (χ2v) is 6.18. The molecule has 0 atom stereocenters. The van der Waals surface area contributed by atoms with Crippen molar-refractivity contribution in [2.24, 2.45) is 0 Å². The Bertz CT molecular complexity index is 875. The van der Waals surface area contributed by atoms with Gasteiger partial charge in [0, 0.05) is 25.0 Å². The van der Waals surface area contributed by atoms with Gasteiger partial charge in [-0.05, 0) is 55.8 Å². The van der Waals surface area contributed by atoms with Crippen LogP contribution in [0, 0.1) is 6.92 Å². The third kappa shape index (κ3) is 3.75. The predicted octanol–water partition coefficient (Wildman–Crippen LogP) is 4.82. The zero-order chi connectivity index (χ0) is 18.5. The lowest BCUT2D eigenvalue weighted by molar-refractivity contribution is 0.0988. The highest BCUT2D eigenvalue weighted by Crippen LogP contribution is 2.25. The van der Waals surface area contributed by atoms with E-state index >= 15 is 0 Å². The van der Waals surface area contributed by atoms with Crippen LogP contribution in [0.4, 0.5) is 17.1 Å². The highest BCUT2D eigenvalue weighted by molar-refractivity contribution is 6.04. The minimum absolute atomic E-state index is 0.124. The van der Waals surface area contributed by atoms with Crippen molar-refractivity contribution in [2.45, 2.75) is 13.8 Å². The molecule has 0 radical (unpaired) electrons. The van der Waals surface area contributed by atoms with E-state index in [1.54, 1.807) is 24.2 Å². The van der Waals surface area contributed by atoms with Gasteiger partial charge in [0.2, 0.25) is 0 Å². The molecule has 0 unspecified atom stereocenters. The van der Waals surface area contributed by atoms with Crippen LogP contribution >= 0.6 is 0 Å². The first-order valence-corrected chi connectivity index (χ1v) is 8.73. The number of para-hydroxylation sites is 1. The number of rotatable bonds is 5. The van der Waals surface area contributed by atoms with Crippen molar-refractivity contribution < 1.29 is 4.79 Å². The number of benzene rings is 2. The van der Waals surface area contributed by atoms with E-state index < -0.39 is 0 Å². The highest BCUT2D eigenvalue weighted by Gasteiger charge is 2.15. The highest BCUT2D eigenvalue weighted by atomic mass is 16.2. The molecule has 26 heavy (non-hydrogen) atoms. The maximum Gasteiger partial charge on any atom is 0.276 e. The fraction of sp³-hybridized carbons (Fsp3) is 0.182. The van der Waals surface area contributed by atoms with Gasteiger partial charge in [-0.15, -0.1) is 0 Å². The van der Waals surface area contributed by atoms with Gasteiger partial charge in [-0.25, -0.2) is 4.98 Å². The van der Waals surface area contributed by atoms with E-state index in [-0.39, 0.29) is 5.91 Å². The molecule has 1 heterocycles.